The molecule has 1 aromatic rings. The average molecular weight is 288 g/mol. The molecule has 1 unspecified atom stereocenters. The van der Waals surface area contributed by atoms with E-state index in [0.717, 1.165) is 30.1 Å². The van der Waals surface area contributed by atoms with Gasteiger partial charge in [-0.05, 0) is 69.6 Å². The van der Waals surface area contributed by atoms with Gasteiger partial charge >= 0.3 is 0 Å². The van der Waals surface area contributed by atoms with E-state index in [4.69, 9.17) is 4.74 Å². The first-order valence-electron chi connectivity index (χ1n) is 7.48. The Bertz CT molecular complexity index is 490. The Morgan fingerprint density at radius 3 is 2.52 bits per heavy atom. The maximum atomic E-state index is 12.2. The first-order valence-corrected chi connectivity index (χ1v) is 7.48. The quantitative estimate of drug-likeness (QED) is 0.818. The van der Waals surface area contributed by atoms with E-state index in [1.807, 2.05) is 38.1 Å². The molecule has 1 aliphatic heterocycles. The molecule has 114 valence electrons. The Kier molecular flexibility index (Phi) is 5.39. The normalized spacial score (nSPS) is 16.5. The highest BCUT2D eigenvalue weighted by Gasteiger charge is 2.23. The van der Waals surface area contributed by atoms with Crippen molar-refractivity contribution in [3.05, 3.63) is 36.4 Å². The van der Waals surface area contributed by atoms with Crippen molar-refractivity contribution in [2.75, 3.05) is 25.0 Å². The number of carbonyl (C=O) groups is 1. The van der Waals surface area contributed by atoms with Gasteiger partial charge in [0.2, 0.25) is 5.91 Å². The van der Waals surface area contributed by atoms with Crippen molar-refractivity contribution in [1.82, 2.24) is 4.90 Å². The lowest BCUT2D eigenvalue weighted by molar-refractivity contribution is -0.120. The number of nitrogens with zero attached hydrogens (tertiary/aromatic N) is 1. The molecule has 1 aromatic carbocycles. The molecule has 0 spiro atoms. The predicted octanol–water partition coefficient (Wildman–Crippen LogP) is 3.06. The van der Waals surface area contributed by atoms with Crippen molar-refractivity contribution in [1.29, 1.82) is 0 Å². The summed E-state index contributed by atoms with van der Waals surface area (Å²) in [6, 6.07) is 7.37. The van der Waals surface area contributed by atoms with Gasteiger partial charge in [0.15, 0.2) is 0 Å². The van der Waals surface area contributed by atoms with Gasteiger partial charge in [-0.1, -0.05) is 6.58 Å². The van der Waals surface area contributed by atoms with Crippen LogP contribution in [0.25, 0.3) is 0 Å². The zero-order valence-corrected chi connectivity index (χ0v) is 12.9. The summed E-state index contributed by atoms with van der Waals surface area (Å²) in [5.74, 6) is 0.830. The maximum Gasteiger partial charge on any atom is 0.241 e. The van der Waals surface area contributed by atoms with E-state index in [1.165, 1.54) is 12.8 Å². The van der Waals surface area contributed by atoms with Gasteiger partial charge in [0, 0.05) is 5.69 Å². The molecule has 0 saturated carbocycles. The number of anilines is 1. The number of hydrogen-bond acceptors (Lipinski definition) is 3. The lowest BCUT2D eigenvalue weighted by Crippen LogP contribution is -2.40. The highest BCUT2D eigenvalue weighted by atomic mass is 16.5. The molecule has 1 saturated heterocycles. The van der Waals surface area contributed by atoms with Gasteiger partial charge in [-0.3, -0.25) is 9.69 Å². The van der Waals surface area contributed by atoms with Crippen molar-refractivity contribution in [3.63, 3.8) is 0 Å². The zero-order chi connectivity index (χ0) is 15.2. The van der Waals surface area contributed by atoms with Gasteiger partial charge in [-0.2, -0.15) is 0 Å². The highest BCUT2D eigenvalue weighted by molar-refractivity contribution is 5.94. The van der Waals surface area contributed by atoms with Gasteiger partial charge in [-0.25, -0.2) is 0 Å². The van der Waals surface area contributed by atoms with Gasteiger partial charge < -0.3 is 10.1 Å². The van der Waals surface area contributed by atoms with Crippen LogP contribution in [0.15, 0.2) is 36.4 Å². The van der Waals surface area contributed by atoms with Crippen molar-refractivity contribution in [2.45, 2.75) is 32.7 Å². The number of ether oxygens (including phenoxy) is 1. The molecule has 1 atom stereocenters. The highest BCUT2D eigenvalue weighted by Crippen LogP contribution is 2.18. The number of nitrogens with one attached hydrogen (secondary N) is 1. The molecule has 1 fully saturated rings. The summed E-state index contributed by atoms with van der Waals surface area (Å²) in [4.78, 5) is 14.4. The molecule has 1 aliphatic rings. The standard InChI is InChI=1S/C17H24N2O2/c1-13(2)12-21-16-8-6-15(7-9-16)18-17(20)14(3)19-10-4-5-11-19/h6-9,14H,1,4-5,10-12H2,2-3H3,(H,18,20). The fourth-order valence-electron chi connectivity index (χ4n) is 2.38. The average Bonchev–Trinajstić information content (AvgIpc) is 2.99. The lowest BCUT2D eigenvalue weighted by atomic mass is 10.2. The van der Waals surface area contributed by atoms with E-state index in [1.54, 1.807) is 0 Å². The number of likely N-dealkylation sites (tertiary alicyclic amines) is 1. The molecule has 4 heteroatoms. The summed E-state index contributed by atoms with van der Waals surface area (Å²) in [6.45, 7) is 10.2. The summed E-state index contributed by atoms with van der Waals surface area (Å²) in [5, 5.41) is 2.96. The summed E-state index contributed by atoms with van der Waals surface area (Å²) >= 11 is 0. The Morgan fingerprint density at radius 2 is 1.95 bits per heavy atom. The minimum Gasteiger partial charge on any atom is -0.489 e. The molecule has 2 rings (SSSR count). The van der Waals surface area contributed by atoms with Crippen LogP contribution < -0.4 is 10.1 Å². The van der Waals surface area contributed by atoms with E-state index in [0.29, 0.717) is 6.61 Å². The number of carbonyl (C=O) groups excluding carboxylic acids is 1. The first-order chi connectivity index (χ1) is 10.1. The number of amides is 1. The Balaban J connectivity index is 1.87. The summed E-state index contributed by atoms with van der Waals surface area (Å²) < 4.78 is 5.54. The third-order valence-corrected chi connectivity index (χ3v) is 3.67. The molecule has 1 heterocycles. The molecular weight excluding hydrogens is 264 g/mol. The third kappa shape index (κ3) is 4.60. The molecule has 0 radical (unpaired) electrons. The minimum absolute atomic E-state index is 0.0486. The van der Waals surface area contributed by atoms with Crippen LogP contribution in [-0.4, -0.2) is 36.5 Å². The van der Waals surface area contributed by atoms with Crippen LogP contribution in [0.3, 0.4) is 0 Å². The third-order valence-electron chi connectivity index (χ3n) is 3.67. The number of hydrogen-bond donors (Lipinski definition) is 1. The van der Waals surface area contributed by atoms with Crippen LogP contribution in [0.2, 0.25) is 0 Å². The topological polar surface area (TPSA) is 41.6 Å². The Hall–Kier alpha value is -1.81. The van der Waals surface area contributed by atoms with E-state index in [2.05, 4.69) is 16.8 Å². The fourth-order valence-corrected chi connectivity index (χ4v) is 2.38. The fraction of sp³-hybridized carbons (Fsp3) is 0.471. The smallest absolute Gasteiger partial charge is 0.241 e. The largest absolute Gasteiger partial charge is 0.489 e. The van der Waals surface area contributed by atoms with Gasteiger partial charge in [0.1, 0.15) is 12.4 Å². The minimum atomic E-state index is -0.0770. The predicted molar refractivity (Wildman–Crippen MR) is 85.6 cm³/mol. The molecular formula is C17H24N2O2. The van der Waals surface area contributed by atoms with Crippen LogP contribution in [-0.2, 0) is 4.79 Å². The molecule has 0 bridgehead atoms. The van der Waals surface area contributed by atoms with E-state index >= 15 is 0 Å². The van der Waals surface area contributed by atoms with Crippen LogP contribution in [0, 0.1) is 0 Å². The van der Waals surface area contributed by atoms with Gasteiger partial charge in [0.25, 0.3) is 0 Å². The van der Waals surface area contributed by atoms with E-state index in [9.17, 15) is 4.79 Å². The second-order valence-corrected chi connectivity index (χ2v) is 5.68. The number of benzene rings is 1. The van der Waals surface area contributed by atoms with E-state index in [-0.39, 0.29) is 11.9 Å². The second-order valence-electron chi connectivity index (χ2n) is 5.68. The monoisotopic (exact) mass is 288 g/mol. The summed E-state index contributed by atoms with van der Waals surface area (Å²) in [6.07, 6.45) is 2.37. The van der Waals surface area contributed by atoms with Gasteiger partial charge in [-0.15, -0.1) is 0 Å². The molecule has 0 aliphatic carbocycles. The Morgan fingerprint density at radius 1 is 1.33 bits per heavy atom. The summed E-state index contributed by atoms with van der Waals surface area (Å²) in [5.41, 5.74) is 1.78. The first kappa shape index (κ1) is 15.6. The molecule has 0 aromatic heterocycles. The maximum absolute atomic E-state index is 12.2. The number of rotatable bonds is 6. The van der Waals surface area contributed by atoms with Crippen molar-refractivity contribution in [3.8, 4) is 5.75 Å². The second kappa shape index (κ2) is 7.27. The molecule has 1 amide bonds. The molecule has 1 N–H and O–H groups in total. The van der Waals surface area contributed by atoms with Crippen LogP contribution in [0.4, 0.5) is 5.69 Å². The van der Waals surface area contributed by atoms with Crippen LogP contribution in [0.5, 0.6) is 5.75 Å². The van der Waals surface area contributed by atoms with E-state index < -0.39 is 0 Å². The van der Waals surface area contributed by atoms with Crippen LogP contribution in [0.1, 0.15) is 26.7 Å². The van der Waals surface area contributed by atoms with Crippen molar-refractivity contribution >= 4 is 11.6 Å². The Labute approximate surface area is 126 Å². The summed E-state index contributed by atoms with van der Waals surface area (Å²) in [7, 11) is 0. The van der Waals surface area contributed by atoms with Crippen molar-refractivity contribution < 1.29 is 9.53 Å². The van der Waals surface area contributed by atoms with Crippen LogP contribution >= 0.6 is 0 Å². The van der Waals surface area contributed by atoms with Crippen molar-refractivity contribution in [2.24, 2.45) is 0 Å². The van der Waals surface area contributed by atoms with Gasteiger partial charge in [0.05, 0.1) is 6.04 Å². The molecule has 4 nitrogen and oxygen atoms in total. The molecule has 21 heavy (non-hydrogen) atoms. The SMILES string of the molecule is C=C(C)COc1ccc(NC(=O)C(C)N2CCCC2)cc1. The zero-order valence-electron chi connectivity index (χ0n) is 12.9. The lowest BCUT2D eigenvalue weighted by Gasteiger charge is -2.22.